The Morgan fingerprint density at radius 1 is 0.909 bits per heavy atom. The van der Waals surface area contributed by atoms with Crippen LogP contribution in [0.3, 0.4) is 0 Å². The number of fused-ring (bicyclic) bond motifs is 1. The maximum Gasteiger partial charge on any atom is 0.262 e. The number of hydrogen-bond donors (Lipinski definition) is 1. The number of alkyl halides is 1. The molecule has 0 aliphatic carbocycles. The summed E-state index contributed by atoms with van der Waals surface area (Å²) >= 11 is 1.43. The molecular formula is C36H42FN3O2SSi. The SMILES string of the molecule is CC(C)[C@@H](N[C@@H](F)CCO[Si](c1ccccc1)(c1ccccc1)C(C)(C)C)c1nc2sccc2c(=O)n1Cc1ccccc1. The molecule has 5 nitrogen and oxygen atoms in total. The Morgan fingerprint density at radius 3 is 2.02 bits per heavy atom. The Bertz CT molecular complexity index is 1660. The van der Waals surface area contributed by atoms with Crippen LogP contribution in [-0.2, 0) is 11.0 Å². The van der Waals surface area contributed by atoms with Crippen molar-refractivity contribution in [3.05, 3.63) is 124 Å². The van der Waals surface area contributed by atoms with Gasteiger partial charge in [-0.1, -0.05) is 126 Å². The summed E-state index contributed by atoms with van der Waals surface area (Å²) in [7, 11) is -2.78. The normalized spacial score (nSPS) is 13.8. The molecular weight excluding hydrogens is 586 g/mol. The van der Waals surface area contributed by atoms with Crippen molar-refractivity contribution in [1.29, 1.82) is 0 Å². The van der Waals surface area contributed by atoms with Crippen molar-refractivity contribution in [1.82, 2.24) is 14.9 Å². The lowest BCUT2D eigenvalue weighted by Gasteiger charge is -2.43. The van der Waals surface area contributed by atoms with E-state index in [1.165, 1.54) is 21.7 Å². The average Bonchev–Trinajstić information content (AvgIpc) is 3.49. The molecule has 230 valence electrons. The van der Waals surface area contributed by atoms with Crippen LogP contribution in [0.5, 0.6) is 0 Å². The number of halogens is 1. The molecule has 2 atom stereocenters. The zero-order chi connectivity index (χ0) is 31.3. The minimum atomic E-state index is -2.78. The van der Waals surface area contributed by atoms with Crippen molar-refractivity contribution in [3.63, 3.8) is 0 Å². The molecule has 1 N–H and O–H groups in total. The Morgan fingerprint density at radius 2 is 1.48 bits per heavy atom. The van der Waals surface area contributed by atoms with Crippen LogP contribution >= 0.6 is 11.3 Å². The predicted molar refractivity (Wildman–Crippen MR) is 183 cm³/mol. The molecule has 0 radical (unpaired) electrons. The first kappa shape index (κ1) is 32.0. The fourth-order valence-electron chi connectivity index (χ4n) is 6.04. The van der Waals surface area contributed by atoms with Crippen molar-refractivity contribution in [2.24, 2.45) is 5.92 Å². The third-order valence-corrected chi connectivity index (χ3v) is 14.1. The van der Waals surface area contributed by atoms with Gasteiger partial charge in [-0.2, -0.15) is 0 Å². The minimum absolute atomic E-state index is 0.0165. The van der Waals surface area contributed by atoms with E-state index in [0.29, 0.717) is 22.6 Å². The third-order valence-electron chi connectivity index (χ3n) is 8.21. The number of hydrogen-bond acceptors (Lipinski definition) is 5. The number of rotatable bonds is 12. The van der Waals surface area contributed by atoms with Crippen LogP contribution < -0.4 is 21.2 Å². The van der Waals surface area contributed by atoms with Gasteiger partial charge in [-0.25, -0.2) is 9.37 Å². The maximum atomic E-state index is 16.0. The summed E-state index contributed by atoms with van der Waals surface area (Å²) in [6, 6.07) is 32.0. The van der Waals surface area contributed by atoms with Crippen LogP contribution in [0.15, 0.2) is 107 Å². The topological polar surface area (TPSA) is 56.1 Å². The molecule has 0 unspecified atom stereocenters. The van der Waals surface area contributed by atoms with Crippen molar-refractivity contribution in [3.8, 4) is 0 Å². The van der Waals surface area contributed by atoms with E-state index in [1.54, 1.807) is 4.57 Å². The fourth-order valence-corrected chi connectivity index (χ4v) is 11.4. The largest absolute Gasteiger partial charge is 0.407 e. The van der Waals surface area contributed by atoms with Gasteiger partial charge < -0.3 is 4.43 Å². The van der Waals surface area contributed by atoms with Gasteiger partial charge in [0, 0.05) is 13.0 Å². The second-order valence-electron chi connectivity index (χ2n) is 12.6. The predicted octanol–water partition coefficient (Wildman–Crippen LogP) is 7.06. The first-order chi connectivity index (χ1) is 21.1. The lowest BCUT2D eigenvalue weighted by Crippen LogP contribution is -2.66. The standard InChI is InChI=1S/C36H42FN3O2SSi/c1-26(2)32(33-39-34-30(22-24-43-34)35(41)40(33)25-27-15-9-6-10-16-27)38-31(37)21-23-42-44(36(3,4)5,28-17-11-7-12-18-28)29-19-13-8-14-20-29/h6-20,22,24,26,31-32,38H,21,23,25H2,1-5H3/t31-,32-/m1/s1. The highest BCUT2D eigenvalue weighted by molar-refractivity contribution is 7.16. The van der Waals surface area contributed by atoms with E-state index in [2.05, 4.69) is 50.4 Å². The Hall–Kier alpha value is -3.43. The van der Waals surface area contributed by atoms with Gasteiger partial charge in [0.2, 0.25) is 0 Å². The van der Waals surface area contributed by atoms with Gasteiger partial charge in [0.05, 0.1) is 18.0 Å². The molecule has 0 saturated heterocycles. The molecule has 0 aliphatic rings. The monoisotopic (exact) mass is 627 g/mol. The maximum absolute atomic E-state index is 16.0. The minimum Gasteiger partial charge on any atom is -0.407 e. The highest BCUT2D eigenvalue weighted by atomic mass is 32.1. The fraction of sp³-hybridized carbons (Fsp3) is 0.333. The van der Waals surface area contributed by atoms with Gasteiger partial charge in [-0.3, -0.25) is 14.7 Å². The Labute approximate surface area is 264 Å². The summed E-state index contributed by atoms with van der Waals surface area (Å²) in [5.41, 5.74) is 0.887. The summed E-state index contributed by atoms with van der Waals surface area (Å²) < 4.78 is 24.6. The summed E-state index contributed by atoms with van der Waals surface area (Å²) in [6.45, 7) is 11.3. The number of aromatic nitrogens is 2. The van der Waals surface area contributed by atoms with E-state index < -0.39 is 20.7 Å². The molecule has 0 bridgehead atoms. The van der Waals surface area contributed by atoms with Crippen LogP contribution in [0.4, 0.5) is 4.39 Å². The van der Waals surface area contributed by atoms with Gasteiger partial charge in [-0.15, -0.1) is 11.3 Å². The molecule has 0 fully saturated rings. The second-order valence-corrected chi connectivity index (χ2v) is 17.8. The lowest BCUT2D eigenvalue weighted by molar-refractivity contribution is 0.168. The average molecular weight is 628 g/mol. The highest BCUT2D eigenvalue weighted by Crippen LogP contribution is 2.37. The van der Waals surface area contributed by atoms with Crippen LogP contribution in [0.1, 0.15) is 58.5 Å². The van der Waals surface area contributed by atoms with E-state index >= 15 is 4.39 Å². The molecule has 2 heterocycles. The Balaban J connectivity index is 1.41. The highest BCUT2D eigenvalue weighted by Gasteiger charge is 2.50. The summed E-state index contributed by atoms with van der Waals surface area (Å²) in [5, 5.41) is 7.81. The molecule has 5 rings (SSSR count). The second kappa shape index (κ2) is 13.7. The lowest BCUT2D eigenvalue weighted by atomic mass is 10.0. The third kappa shape index (κ3) is 6.64. The number of benzene rings is 3. The molecule has 0 amide bonds. The van der Waals surface area contributed by atoms with E-state index in [4.69, 9.17) is 9.41 Å². The van der Waals surface area contributed by atoms with Crippen LogP contribution in [-0.4, -0.2) is 30.8 Å². The van der Waals surface area contributed by atoms with Crippen molar-refractivity contribution < 1.29 is 8.82 Å². The van der Waals surface area contributed by atoms with E-state index in [9.17, 15) is 4.79 Å². The summed E-state index contributed by atoms with van der Waals surface area (Å²) in [4.78, 5) is 19.3. The van der Waals surface area contributed by atoms with Gasteiger partial charge >= 0.3 is 0 Å². The molecule has 5 aromatic rings. The molecule has 0 spiro atoms. The molecule has 0 saturated carbocycles. The number of nitrogens with zero attached hydrogens (tertiary/aromatic N) is 2. The quantitative estimate of drug-likeness (QED) is 0.119. The van der Waals surface area contributed by atoms with E-state index in [1.807, 2.05) is 92.0 Å². The Kier molecular flexibility index (Phi) is 9.95. The van der Waals surface area contributed by atoms with E-state index in [-0.39, 0.29) is 29.5 Å². The molecule has 2 aromatic heterocycles. The first-order valence-corrected chi connectivity index (χ1v) is 18.1. The van der Waals surface area contributed by atoms with Gasteiger partial charge in [-0.05, 0) is 38.3 Å². The van der Waals surface area contributed by atoms with Crippen molar-refractivity contribution in [2.75, 3.05) is 6.61 Å². The van der Waals surface area contributed by atoms with Gasteiger partial charge in [0.15, 0.2) is 6.30 Å². The zero-order valence-electron chi connectivity index (χ0n) is 26.2. The van der Waals surface area contributed by atoms with Crippen LogP contribution in [0.25, 0.3) is 10.2 Å². The molecule has 44 heavy (non-hydrogen) atoms. The molecule has 8 heteroatoms. The van der Waals surface area contributed by atoms with Crippen molar-refractivity contribution in [2.45, 2.75) is 65.0 Å². The van der Waals surface area contributed by atoms with Gasteiger partial charge in [0.1, 0.15) is 10.7 Å². The van der Waals surface area contributed by atoms with Crippen LogP contribution in [0.2, 0.25) is 5.04 Å². The number of nitrogens with one attached hydrogen (secondary N) is 1. The van der Waals surface area contributed by atoms with E-state index in [0.717, 1.165) is 5.56 Å². The number of thiophene rings is 1. The smallest absolute Gasteiger partial charge is 0.262 e. The van der Waals surface area contributed by atoms with Crippen LogP contribution in [0, 0.1) is 5.92 Å². The summed E-state index contributed by atoms with van der Waals surface area (Å²) in [5.74, 6) is 0.538. The first-order valence-electron chi connectivity index (χ1n) is 15.3. The molecule has 3 aromatic carbocycles. The van der Waals surface area contributed by atoms with Gasteiger partial charge in [0.25, 0.3) is 13.9 Å². The van der Waals surface area contributed by atoms with Crippen molar-refractivity contribution >= 4 is 40.2 Å². The zero-order valence-corrected chi connectivity index (χ0v) is 28.0. The molecule has 0 aliphatic heterocycles. The summed E-state index contributed by atoms with van der Waals surface area (Å²) in [6.07, 6.45) is -1.19.